The summed E-state index contributed by atoms with van der Waals surface area (Å²) in [5.41, 5.74) is 0.787. The number of thioether (sulfide) groups is 1. The number of anilines is 1. The number of benzene rings is 1. The molecule has 2 aromatic rings. The number of furan rings is 1. The molecule has 1 amide bonds. The Kier molecular flexibility index (Phi) is 4.97. The molecule has 1 fully saturated rings. The molecule has 26 heavy (non-hydrogen) atoms. The summed E-state index contributed by atoms with van der Waals surface area (Å²) in [5.74, 6) is -0.403. The molecule has 0 spiro atoms. The number of rotatable bonds is 4. The largest absolute Gasteiger partial charge is 0.433 e. The molecule has 7 nitrogen and oxygen atoms in total. The molecule has 0 aliphatic carbocycles. The number of nitrogens with zero attached hydrogens (tertiary/aromatic N) is 3. The van der Waals surface area contributed by atoms with Crippen LogP contribution in [0.3, 0.4) is 0 Å². The van der Waals surface area contributed by atoms with E-state index >= 15 is 0 Å². The summed E-state index contributed by atoms with van der Waals surface area (Å²) < 4.78 is 5.32. The van der Waals surface area contributed by atoms with E-state index < -0.39 is 4.92 Å². The highest BCUT2D eigenvalue weighted by Gasteiger charge is 2.34. The summed E-state index contributed by atoms with van der Waals surface area (Å²) in [5, 5.41) is 19.8. The van der Waals surface area contributed by atoms with Crippen LogP contribution in [0.1, 0.15) is 11.3 Å². The fourth-order valence-corrected chi connectivity index (χ4v) is 3.45. The maximum absolute atomic E-state index is 12.6. The number of nitro groups is 1. The quantitative estimate of drug-likeness (QED) is 0.340. The molecule has 1 saturated heterocycles. The van der Waals surface area contributed by atoms with E-state index in [-0.39, 0.29) is 11.8 Å². The molecule has 3 rings (SSSR count). The first-order valence-electron chi connectivity index (χ1n) is 7.19. The van der Waals surface area contributed by atoms with Crippen molar-refractivity contribution >= 4 is 51.9 Å². The molecule has 1 aromatic heterocycles. The molecule has 128 valence electrons. The average Bonchev–Trinajstić information content (AvgIpc) is 3.20. The Hall–Kier alpha value is -3.22. The van der Waals surface area contributed by atoms with Gasteiger partial charge in [-0.2, -0.15) is 5.26 Å². The lowest BCUT2D eigenvalue weighted by atomic mass is 10.2. The van der Waals surface area contributed by atoms with Crippen LogP contribution in [0, 0.1) is 21.4 Å². The van der Waals surface area contributed by atoms with Crippen LogP contribution < -0.4 is 4.90 Å². The summed E-state index contributed by atoms with van der Waals surface area (Å²) >= 11 is 6.37. The van der Waals surface area contributed by atoms with Crippen molar-refractivity contribution in [3.63, 3.8) is 0 Å². The van der Waals surface area contributed by atoms with Gasteiger partial charge in [-0.15, -0.1) is 0 Å². The molecule has 0 unspecified atom stereocenters. The number of thiocarbonyl (C=S) groups is 1. The minimum Gasteiger partial charge on any atom is -0.401 e. The van der Waals surface area contributed by atoms with Crippen LogP contribution in [0.5, 0.6) is 0 Å². The molecule has 2 heterocycles. The second kappa shape index (κ2) is 7.35. The van der Waals surface area contributed by atoms with Crippen LogP contribution in [-0.2, 0) is 4.79 Å². The lowest BCUT2D eigenvalue weighted by Gasteiger charge is -2.15. The summed E-state index contributed by atoms with van der Waals surface area (Å²) in [6.07, 6.45) is 4.59. The molecule has 0 radical (unpaired) electrons. The fraction of sp³-hybridized carbons (Fsp3) is 0. The van der Waals surface area contributed by atoms with Crippen LogP contribution in [0.4, 0.5) is 11.6 Å². The minimum atomic E-state index is -0.630. The number of carbonyl (C=O) groups excluding carboxylic acids is 1. The van der Waals surface area contributed by atoms with Crippen molar-refractivity contribution in [3.05, 3.63) is 74.9 Å². The van der Waals surface area contributed by atoms with Gasteiger partial charge in [0, 0.05) is 0 Å². The molecule has 1 aromatic carbocycles. The van der Waals surface area contributed by atoms with Crippen molar-refractivity contribution in [2.75, 3.05) is 4.90 Å². The van der Waals surface area contributed by atoms with E-state index in [4.69, 9.17) is 16.6 Å². The Bertz CT molecular complexity index is 1020. The van der Waals surface area contributed by atoms with E-state index in [0.717, 1.165) is 11.8 Å². The van der Waals surface area contributed by atoms with Crippen LogP contribution in [-0.4, -0.2) is 15.2 Å². The molecule has 9 heteroatoms. The van der Waals surface area contributed by atoms with Gasteiger partial charge in [-0.3, -0.25) is 19.8 Å². The third kappa shape index (κ3) is 3.42. The molecule has 0 atom stereocenters. The molecule has 0 bridgehead atoms. The predicted octanol–water partition coefficient (Wildman–Crippen LogP) is 4.02. The van der Waals surface area contributed by atoms with E-state index in [1.165, 1.54) is 23.1 Å². The van der Waals surface area contributed by atoms with Crippen molar-refractivity contribution in [1.82, 2.24) is 0 Å². The third-order valence-corrected chi connectivity index (χ3v) is 4.68. The lowest BCUT2D eigenvalue weighted by molar-refractivity contribution is -0.402. The fourth-order valence-electron chi connectivity index (χ4n) is 2.21. The number of para-hydroxylation sites is 1. The first-order chi connectivity index (χ1) is 12.5. The van der Waals surface area contributed by atoms with Gasteiger partial charge in [0.1, 0.15) is 16.8 Å². The van der Waals surface area contributed by atoms with Crippen molar-refractivity contribution in [2.24, 2.45) is 0 Å². The maximum Gasteiger partial charge on any atom is 0.433 e. The van der Waals surface area contributed by atoms with E-state index in [1.807, 2.05) is 6.07 Å². The highest BCUT2D eigenvalue weighted by molar-refractivity contribution is 8.27. The number of hydrogen-bond donors (Lipinski definition) is 0. The number of carbonyl (C=O) groups is 1. The Labute approximate surface area is 157 Å². The van der Waals surface area contributed by atoms with Gasteiger partial charge in [0.15, 0.2) is 4.32 Å². The molecule has 1 aliphatic heterocycles. The molecular formula is C17H9N3O4S2. The van der Waals surface area contributed by atoms with E-state index in [9.17, 15) is 20.2 Å². The number of hydrogen-bond acceptors (Lipinski definition) is 7. The Morgan fingerprint density at radius 3 is 2.77 bits per heavy atom. The molecule has 0 saturated carbocycles. The van der Waals surface area contributed by atoms with Crippen LogP contribution in [0.25, 0.3) is 6.08 Å². The normalized spacial score (nSPS) is 15.8. The van der Waals surface area contributed by atoms with Gasteiger partial charge in [0.2, 0.25) is 0 Å². The van der Waals surface area contributed by atoms with Crippen LogP contribution in [0.15, 0.2) is 57.9 Å². The van der Waals surface area contributed by atoms with E-state index in [0.29, 0.717) is 26.2 Å². The Morgan fingerprint density at radius 1 is 1.31 bits per heavy atom. The Balaban J connectivity index is 1.82. The van der Waals surface area contributed by atoms with Crippen molar-refractivity contribution in [1.29, 1.82) is 5.26 Å². The number of amides is 1. The summed E-state index contributed by atoms with van der Waals surface area (Å²) in [6.45, 7) is 0. The van der Waals surface area contributed by atoms with Gasteiger partial charge >= 0.3 is 5.88 Å². The van der Waals surface area contributed by atoms with Crippen LogP contribution >= 0.6 is 24.0 Å². The zero-order valence-electron chi connectivity index (χ0n) is 13.0. The zero-order chi connectivity index (χ0) is 18.7. The van der Waals surface area contributed by atoms with Gasteiger partial charge < -0.3 is 4.42 Å². The maximum atomic E-state index is 12.6. The first kappa shape index (κ1) is 17.6. The van der Waals surface area contributed by atoms with Gasteiger partial charge in [0.05, 0.1) is 22.2 Å². The summed E-state index contributed by atoms with van der Waals surface area (Å²) in [7, 11) is 0. The van der Waals surface area contributed by atoms with Gasteiger partial charge in [-0.25, -0.2) is 0 Å². The number of allylic oxidation sites excluding steroid dienone is 2. The molecule has 1 aliphatic rings. The van der Waals surface area contributed by atoms with Crippen LogP contribution in [0.2, 0.25) is 0 Å². The topological polar surface area (TPSA) is 100 Å². The SMILES string of the molecule is N#Cc1ccccc1N1C(=O)/C(=C/C=C/c2ccc([N+](=O)[O-])o2)SC1=S. The molecular weight excluding hydrogens is 374 g/mol. The standard InChI is InChI=1S/C17H9N3O4S2/c18-10-11-4-1-2-6-13(11)19-16(21)14(26-17(19)25)7-3-5-12-8-9-15(24-12)20(22)23/h1-9H/b5-3+,14-7-. The minimum absolute atomic E-state index is 0.290. The van der Waals surface area contributed by atoms with E-state index in [2.05, 4.69) is 0 Å². The van der Waals surface area contributed by atoms with Gasteiger partial charge in [-0.1, -0.05) is 42.2 Å². The third-order valence-electron chi connectivity index (χ3n) is 3.36. The second-order valence-electron chi connectivity index (χ2n) is 4.96. The highest BCUT2D eigenvalue weighted by atomic mass is 32.2. The Morgan fingerprint density at radius 2 is 2.08 bits per heavy atom. The lowest BCUT2D eigenvalue weighted by Crippen LogP contribution is -2.28. The number of nitriles is 1. The average molecular weight is 383 g/mol. The van der Waals surface area contributed by atoms with Crippen molar-refractivity contribution in [3.8, 4) is 6.07 Å². The summed E-state index contributed by atoms with van der Waals surface area (Å²) in [4.78, 5) is 24.3. The smallest absolute Gasteiger partial charge is 0.401 e. The first-order valence-corrected chi connectivity index (χ1v) is 8.41. The van der Waals surface area contributed by atoms with Gasteiger partial charge in [-0.05, 0) is 30.4 Å². The molecule has 0 N–H and O–H groups in total. The monoisotopic (exact) mass is 383 g/mol. The van der Waals surface area contributed by atoms with Crippen molar-refractivity contribution < 1.29 is 14.1 Å². The van der Waals surface area contributed by atoms with Gasteiger partial charge in [0.25, 0.3) is 5.91 Å². The second-order valence-corrected chi connectivity index (χ2v) is 6.64. The van der Waals surface area contributed by atoms with Crippen molar-refractivity contribution in [2.45, 2.75) is 0 Å². The predicted molar refractivity (Wildman–Crippen MR) is 101 cm³/mol. The summed E-state index contributed by atoms with van der Waals surface area (Å²) in [6, 6.07) is 11.4. The highest BCUT2D eigenvalue weighted by Crippen LogP contribution is 2.36. The zero-order valence-corrected chi connectivity index (χ0v) is 14.6. The van der Waals surface area contributed by atoms with E-state index in [1.54, 1.807) is 36.4 Å².